The van der Waals surface area contributed by atoms with E-state index in [2.05, 4.69) is 68.4 Å². The summed E-state index contributed by atoms with van der Waals surface area (Å²) in [6, 6.07) is 8.45. The molecule has 0 fully saturated rings. The summed E-state index contributed by atoms with van der Waals surface area (Å²) in [7, 11) is 0. The molecule has 2 heterocycles. The van der Waals surface area contributed by atoms with Crippen molar-refractivity contribution >= 4 is 45.9 Å². The van der Waals surface area contributed by atoms with E-state index in [1.165, 1.54) is 33.6 Å². The molecule has 154 valence electrons. The summed E-state index contributed by atoms with van der Waals surface area (Å²) in [4.78, 5) is 13.7. The van der Waals surface area contributed by atoms with Crippen LogP contribution in [0.2, 0.25) is 0 Å². The maximum Gasteiger partial charge on any atom is 0.239 e. The number of thioether (sulfide) groups is 2. The quantitative estimate of drug-likeness (QED) is 0.485. The fraction of sp³-hybridized carbons (Fsp3) is 0.421. The summed E-state index contributed by atoms with van der Waals surface area (Å²) in [5, 5.41) is 21.4. The SMILES string of the molecule is CCc1nnc(NC(=O)C(C)Sc2nnc(CSc3ccc(C)cc3)n2CC)s1. The number of aryl methyl sites for hydroxylation is 2. The molecule has 29 heavy (non-hydrogen) atoms. The van der Waals surface area contributed by atoms with Gasteiger partial charge in [-0.1, -0.05) is 47.7 Å². The van der Waals surface area contributed by atoms with Crippen LogP contribution in [0.25, 0.3) is 0 Å². The van der Waals surface area contributed by atoms with Crippen LogP contribution in [-0.2, 0) is 23.5 Å². The van der Waals surface area contributed by atoms with Crippen molar-refractivity contribution in [1.29, 1.82) is 0 Å². The largest absolute Gasteiger partial charge is 0.306 e. The maximum absolute atomic E-state index is 12.5. The van der Waals surface area contributed by atoms with Gasteiger partial charge in [0.2, 0.25) is 11.0 Å². The number of carbonyl (C=O) groups is 1. The Bertz CT molecular complexity index is 953. The van der Waals surface area contributed by atoms with Gasteiger partial charge >= 0.3 is 0 Å². The topological polar surface area (TPSA) is 85.6 Å². The number of anilines is 1. The number of carbonyl (C=O) groups excluding carboxylic acids is 1. The van der Waals surface area contributed by atoms with Crippen LogP contribution in [0.4, 0.5) is 5.13 Å². The minimum Gasteiger partial charge on any atom is -0.306 e. The number of rotatable bonds is 9. The van der Waals surface area contributed by atoms with Gasteiger partial charge in [0.25, 0.3) is 0 Å². The Morgan fingerprint density at radius 2 is 1.93 bits per heavy atom. The average Bonchev–Trinajstić information content (AvgIpc) is 3.33. The van der Waals surface area contributed by atoms with Crippen molar-refractivity contribution in [3.8, 4) is 0 Å². The Morgan fingerprint density at radius 1 is 1.17 bits per heavy atom. The molecular weight excluding hydrogens is 424 g/mol. The molecule has 1 atom stereocenters. The molecule has 0 aliphatic carbocycles. The highest BCUT2D eigenvalue weighted by Gasteiger charge is 2.21. The monoisotopic (exact) mass is 448 g/mol. The standard InChI is InChI=1S/C19H24N6OS3/c1-5-16-22-23-18(29-16)20-17(26)13(4)28-19-24-21-15(25(19)6-2)11-27-14-9-7-12(3)8-10-14/h7-10,13H,5-6,11H2,1-4H3,(H,20,23,26). The van der Waals surface area contributed by atoms with Crippen molar-refractivity contribution < 1.29 is 4.79 Å². The summed E-state index contributed by atoms with van der Waals surface area (Å²) >= 11 is 4.54. The van der Waals surface area contributed by atoms with Crippen LogP contribution in [0.15, 0.2) is 34.3 Å². The zero-order chi connectivity index (χ0) is 20.8. The van der Waals surface area contributed by atoms with Gasteiger partial charge in [-0.15, -0.1) is 32.2 Å². The molecule has 2 aromatic heterocycles. The van der Waals surface area contributed by atoms with Crippen molar-refractivity contribution in [3.63, 3.8) is 0 Å². The predicted octanol–water partition coefficient (Wildman–Crippen LogP) is 4.43. The third-order valence-electron chi connectivity index (χ3n) is 4.15. The summed E-state index contributed by atoms with van der Waals surface area (Å²) in [5.74, 6) is 1.52. The number of nitrogens with zero attached hydrogens (tertiary/aromatic N) is 5. The third kappa shape index (κ3) is 5.80. The molecule has 0 saturated carbocycles. The highest BCUT2D eigenvalue weighted by atomic mass is 32.2. The maximum atomic E-state index is 12.5. The Balaban J connectivity index is 1.61. The molecule has 1 amide bonds. The number of hydrogen-bond acceptors (Lipinski definition) is 8. The smallest absolute Gasteiger partial charge is 0.239 e. The lowest BCUT2D eigenvalue weighted by Gasteiger charge is -2.11. The fourth-order valence-electron chi connectivity index (χ4n) is 2.48. The summed E-state index contributed by atoms with van der Waals surface area (Å²) in [6.45, 7) is 8.76. The molecular formula is C19H24N6OS3. The van der Waals surface area contributed by atoms with E-state index in [9.17, 15) is 4.79 Å². The molecule has 3 rings (SSSR count). The third-order valence-corrected chi connectivity index (χ3v) is 7.22. The Labute approximate surface area is 183 Å². The lowest BCUT2D eigenvalue weighted by atomic mass is 10.2. The predicted molar refractivity (Wildman–Crippen MR) is 120 cm³/mol. The Morgan fingerprint density at radius 3 is 2.59 bits per heavy atom. The van der Waals surface area contributed by atoms with E-state index in [0.717, 1.165) is 34.7 Å². The first-order valence-corrected chi connectivity index (χ1v) is 12.1. The number of nitrogens with one attached hydrogen (secondary N) is 1. The second-order valence-electron chi connectivity index (χ2n) is 6.35. The second-order valence-corrected chi connectivity index (χ2v) is 9.77. The van der Waals surface area contributed by atoms with Crippen LogP contribution in [0.3, 0.4) is 0 Å². The lowest BCUT2D eigenvalue weighted by molar-refractivity contribution is -0.115. The first kappa shape index (κ1) is 21.8. The summed E-state index contributed by atoms with van der Waals surface area (Å²) in [5.41, 5.74) is 1.25. The average molecular weight is 449 g/mol. The minimum atomic E-state index is -0.323. The highest BCUT2D eigenvalue weighted by Crippen LogP contribution is 2.27. The number of amides is 1. The van der Waals surface area contributed by atoms with E-state index in [4.69, 9.17) is 0 Å². The van der Waals surface area contributed by atoms with E-state index in [-0.39, 0.29) is 11.2 Å². The van der Waals surface area contributed by atoms with Gasteiger partial charge in [0.05, 0.1) is 11.0 Å². The van der Waals surface area contributed by atoms with Gasteiger partial charge in [-0.2, -0.15) is 0 Å². The minimum absolute atomic E-state index is 0.116. The van der Waals surface area contributed by atoms with Gasteiger partial charge < -0.3 is 4.57 Å². The Kier molecular flexibility index (Phi) is 7.68. The zero-order valence-electron chi connectivity index (χ0n) is 16.9. The molecule has 1 N–H and O–H groups in total. The zero-order valence-corrected chi connectivity index (χ0v) is 19.3. The van der Waals surface area contributed by atoms with E-state index in [0.29, 0.717) is 5.13 Å². The van der Waals surface area contributed by atoms with Crippen molar-refractivity contribution in [3.05, 3.63) is 40.7 Å². The molecule has 0 radical (unpaired) electrons. The van der Waals surface area contributed by atoms with E-state index < -0.39 is 0 Å². The number of benzene rings is 1. The van der Waals surface area contributed by atoms with E-state index >= 15 is 0 Å². The van der Waals surface area contributed by atoms with Gasteiger partial charge in [-0.05, 0) is 39.3 Å². The first-order valence-electron chi connectivity index (χ1n) is 9.41. The molecule has 0 spiro atoms. The van der Waals surface area contributed by atoms with Gasteiger partial charge in [0, 0.05) is 11.4 Å². The molecule has 0 aliphatic rings. The van der Waals surface area contributed by atoms with Crippen LogP contribution in [-0.4, -0.2) is 36.1 Å². The molecule has 7 nitrogen and oxygen atoms in total. The van der Waals surface area contributed by atoms with Crippen LogP contribution in [0, 0.1) is 6.92 Å². The van der Waals surface area contributed by atoms with Crippen LogP contribution in [0.1, 0.15) is 37.2 Å². The lowest BCUT2D eigenvalue weighted by Crippen LogP contribution is -2.23. The van der Waals surface area contributed by atoms with Crippen LogP contribution in [0.5, 0.6) is 0 Å². The number of hydrogen-bond donors (Lipinski definition) is 1. The molecule has 3 aromatic rings. The van der Waals surface area contributed by atoms with Gasteiger partial charge in [0.15, 0.2) is 5.16 Å². The molecule has 0 saturated heterocycles. The fourth-order valence-corrected chi connectivity index (χ4v) is 4.93. The summed E-state index contributed by atoms with van der Waals surface area (Å²) in [6.07, 6.45) is 0.806. The van der Waals surface area contributed by atoms with Crippen LogP contribution < -0.4 is 5.32 Å². The number of aromatic nitrogens is 5. The highest BCUT2D eigenvalue weighted by molar-refractivity contribution is 8.00. The van der Waals surface area contributed by atoms with E-state index in [1.807, 2.05) is 13.8 Å². The van der Waals surface area contributed by atoms with Gasteiger partial charge in [0.1, 0.15) is 10.8 Å². The molecule has 1 aromatic carbocycles. The van der Waals surface area contributed by atoms with E-state index in [1.54, 1.807) is 11.8 Å². The normalized spacial score (nSPS) is 12.1. The first-order chi connectivity index (χ1) is 14.0. The second kappa shape index (κ2) is 10.2. The van der Waals surface area contributed by atoms with Crippen molar-refractivity contribution in [2.45, 2.75) is 61.7 Å². The van der Waals surface area contributed by atoms with Gasteiger partial charge in [-0.25, -0.2) is 0 Å². The molecule has 0 aliphatic heterocycles. The van der Waals surface area contributed by atoms with Gasteiger partial charge in [-0.3, -0.25) is 10.1 Å². The van der Waals surface area contributed by atoms with Crippen molar-refractivity contribution in [2.75, 3.05) is 5.32 Å². The van der Waals surface area contributed by atoms with Crippen molar-refractivity contribution in [2.24, 2.45) is 0 Å². The van der Waals surface area contributed by atoms with Crippen molar-refractivity contribution in [1.82, 2.24) is 25.0 Å². The molecule has 0 bridgehead atoms. The molecule has 10 heteroatoms. The van der Waals surface area contributed by atoms with Crippen LogP contribution >= 0.6 is 34.9 Å². The Hall–Kier alpha value is -1.91. The summed E-state index contributed by atoms with van der Waals surface area (Å²) < 4.78 is 2.07. The molecule has 1 unspecified atom stereocenters.